The zero-order valence-corrected chi connectivity index (χ0v) is 19.5. The molecule has 1 rings (SSSR count). The minimum Gasteiger partial charge on any atom is -0.379 e. The van der Waals surface area contributed by atoms with Gasteiger partial charge in [0.25, 0.3) is 0 Å². The first-order valence-electron chi connectivity index (χ1n) is 9.22. The first kappa shape index (κ1) is 25.6. The van der Waals surface area contributed by atoms with E-state index in [1.165, 1.54) is 0 Å². The van der Waals surface area contributed by atoms with Crippen molar-refractivity contribution in [3.8, 4) is 0 Å². The van der Waals surface area contributed by atoms with Gasteiger partial charge in [0.15, 0.2) is 5.96 Å². The van der Waals surface area contributed by atoms with Crippen LogP contribution in [0.5, 0.6) is 0 Å². The number of hydrogen-bond donors (Lipinski definition) is 3. The molecule has 1 aromatic rings. The minimum absolute atomic E-state index is 0. The molecule has 1 amide bonds. The van der Waals surface area contributed by atoms with E-state index >= 15 is 0 Å². The van der Waals surface area contributed by atoms with Gasteiger partial charge in [0.1, 0.15) is 0 Å². The van der Waals surface area contributed by atoms with Crippen molar-refractivity contribution in [1.29, 1.82) is 0 Å². The number of halogens is 1. The van der Waals surface area contributed by atoms with Crippen LogP contribution in [0.2, 0.25) is 0 Å². The summed E-state index contributed by atoms with van der Waals surface area (Å²) in [6, 6.07) is 9.89. The van der Waals surface area contributed by atoms with Crippen LogP contribution >= 0.6 is 24.0 Å². The molecule has 0 radical (unpaired) electrons. The Balaban J connectivity index is 0.00000676. The fourth-order valence-electron chi connectivity index (χ4n) is 2.40. The van der Waals surface area contributed by atoms with Gasteiger partial charge in [0, 0.05) is 33.2 Å². The average Bonchev–Trinajstić information content (AvgIpc) is 2.60. The van der Waals surface area contributed by atoms with Gasteiger partial charge in [-0.2, -0.15) is 0 Å². The Morgan fingerprint density at radius 3 is 2.37 bits per heavy atom. The van der Waals surface area contributed by atoms with Gasteiger partial charge in [-0.05, 0) is 17.9 Å². The third-order valence-electron chi connectivity index (χ3n) is 3.99. The van der Waals surface area contributed by atoms with Crippen molar-refractivity contribution in [3.05, 3.63) is 35.9 Å². The van der Waals surface area contributed by atoms with E-state index in [2.05, 4.69) is 41.7 Å². The van der Waals surface area contributed by atoms with E-state index in [1.54, 1.807) is 7.11 Å². The van der Waals surface area contributed by atoms with Gasteiger partial charge in [-0.3, -0.25) is 9.79 Å². The van der Waals surface area contributed by atoms with Crippen molar-refractivity contribution in [2.75, 3.05) is 26.7 Å². The molecule has 3 N–H and O–H groups in total. The lowest BCUT2D eigenvalue weighted by atomic mass is 9.89. The SMILES string of the molecule is CCNC(=NCC(OC)C(C)(C)C)NCCC(=O)NCc1ccccc1.I. The van der Waals surface area contributed by atoms with Crippen LogP contribution in [-0.2, 0) is 16.1 Å². The van der Waals surface area contributed by atoms with Crippen LogP contribution < -0.4 is 16.0 Å². The molecule has 1 aromatic carbocycles. The van der Waals surface area contributed by atoms with Gasteiger partial charge in [-0.25, -0.2) is 0 Å². The van der Waals surface area contributed by atoms with E-state index in [1.807, 2.05) is 37.3 Å². The Bertz CT molecular complexity index is 559. The summed E-state index contributed by atoms with van der Waals surface area (Å²) < 4.78 is 5.53. The fourth-order valence-corrected chi connectivity index (χ4v) is 2.40. The smallest absolute Gasteiger partial charge is 0.222 e. The molecule has 0 saturated heterocycles. The highest BCUT2D eigenvalue weighted by Crippen LogP contribution is 2.21. The van der Waals surface area contributed by atoms with Crippen molar-refractivity contribution < 1.29 is 9.53 Å². The van der Waals surface area contributed by atoms with Crippen molar-refractivity contribution in [2.24, 2.45) is 10.4 Å². The quantitative estimate of drug-likeness (QED) is 0.283. The van der Waals surface area contributed by atoms with Gasteiger partial charge in [-0.1, -0.05) is 51.1 Å². The Kier molecular flexibility index (Phi) is 13.1. The topological polar surface area (TPSA) is 74.8 Å². The van der Waals surface area contributed by atoms with Crippen LogP contribution in [0.4, 0.5) is 0 Å². The van der Waals surface area contributed by atoms with Crippen molar-refractivity contribution >= 4 is 35.8 Å². The van der Waals surface area contributed by atoms with E-state index in [9.17, 15) is 4.79 Å². The summed E-state index contributed by atoms with van der Waals surface area (Å²) in [4.78, 5) is 16.5. The number of nitrogens with one attached hydrogen (secondary N) is 3. The standard InChI is InChI=1S/C20H34N4O2.HI/c1-6-21-19(24-15-17(26-5)20(2,3)4)22-13-12-18(25)23-14-16-10-8-7-9-11-16;/h7-11,17H,6,12-15H2,1-5H3,(H,23,25)(H2,21,22,24);1H. The molecule has 0 bridgehead atoms. The lowest BCUT2D eigenvalue weighted by molar-refractivity contribution is -0.121. The van der Waals surface area contributed by atoms with Gasteiger partial charge in [0.05, 0.1) is 12.6 Å². The summed E-state index contributed by atoms with van der Waals surface area (Å²) in [7, 11) is 1.71. The molecule has 0 aromatic heterocycles. The molecule has 0 heterocycles. The second-order valence-corrected chi connectivity index (χ2v) is 7.25. The third-order valence-corrected chi connectivity index (χ3v) is 3.99. The van der Waals surface area contributed by atoms with E-state index in [0.29, 0.717) is 32.0 Å². The minimum atomic E-state index is 0. The van der Waals surface area contributed by atoms with Crippen molar-refractivity contribution in [3.63, 3.8) is 0 Å². The highest BCUT2D eigenvalue weighted by Gasteiger charge is 2.24. The molecule has 6 nitrogen and oxygen atoms in total. The summed E-state index contributed by atoms with van der Waals surface area (Å²) in [5.74, 6) is 0.719. The molecule has 1 unspecified atom stereocenters. The van der Waals surface area contributed by atoms with Gasteiger partial charge in [0.2, 0.25) is 5.91 Å². The Hall–Kier alpha value is -1.35. The number of carbonyl (C=O) groups excluding carboxylic acids is 1. The van der Waals surface area contributed by atoms with Crippen LogP contribution in [0.3, 0.4) is 0 Å². The van der Waals surface area contributed by atoms with Crippen LogP contribution in [0.15, 0.2) is 35.3 Å². The zero-order valence-electron chi connectivity index (χ0n) is 17.2. The summed E-state index contributed by atoms with van der Waals surface area (Å²) in [5, 5.41) is 9.32. The number of methoxy groups -OCH3 is 1. The summed E-state index contributed by atoms with van der Waals surface area (Å²) >= 11 is 0. The fraction of sp³-hybridized carbons (Fsp3) is 0.600. The second kappa shape index (κ2) is 13.8. The van der Waals surface area contributed by atoms with Crippen LogP contribution in [0.1, 0.15) is 39.7 Å². The van der Waals surface area contributed by atoms with Crippen molar-refractivity contribution in [2.45, 2.75) is 46.8 Å². The first-order chi connectivity index (χ1) is 12.4. The Labute approximate surface area is 181 Å². The maximum atomic E-state index is 12.0. The number of amides is 1. The molecule has 0 aliphatic rings. The van der Waals surface area contributed by atoms with Gasteiger partial charge >= 0.3 is 0 Å². The molecule has 1 atom stereocenters. The number of carbonyl (C=O) groups is 1. The number of hydrogen-bond acceptors (Lipinski definition) is 3. The van der Waals surface area contributed by atoms with Crippen LogP contribution in [-0.4, -0.2) is 44.7 Å². The number of aliphatic imine (C=N–C) groups is 1. The Morgan fingerprint density at radius 2 is 1.81 bits per heavy atom. The largest absolute Gasteiger partial charge is 0.379 e. The molecule has 154 valence electrons. The number of rotatable bonds is 9. The number of guanidine groups is 1. The van der Waals surface area contributed by atoms with Crippen LogP contribution in [0.25, 0.3) is 0 Å². The highest BCUT2D eigenvalue weighted by atomic mass is 127. The van der Waals surface area contributed by atoms with E-state index < -0.39 is 0 Å². The molecular weight excluding hydrogens is 455 g/mol. The lowest BCUT2D eigenvalue weighted by Gasteiger charge is -2.28. The summed E-state index contributed by atoms with van der Waals surface area (Å²) in [5.41, 5.74) is 1.11. The lowest BCUT2D eigenvalue weighted by Crippen LogP contribution is -2.40. The first-order valence-corrected chi connectivity index (χ1v) is 9.22. The molecular formula is C20H35IN4O2. The normalized spacial score (nSPS) is 12.7. The molecule has 27 heavy (non-hydrogen) atoms. The number of nitrogens with zero attached hydrogens (tertiary/aromatic N) is 1. The molecule has 7 heteroatoms. The van der Waals surface area contributed by atoms with E-state index in [-0.39, 0.29) is 41.4 Å². The molecule has 0 aliphatic carbocycles. The summed E-state index contributed by atoms with van der Waals surface area (Å²) in [6.07, 6.45) is 0.427. The average molecular weight is 490 g/mol. The predicted octanol–water partition coefficient (Wildman–Crippen LogP) is 2.93. The van der Waals surface area contributed by atoms with Crippen molar-refractivity contribution in [1.82, 2.24) is 16.0 Å². The summed E-state index contributed by atoms with van der Waals surface area (Å²) in [6.45, 7) is 10.8. The number of ether oxygens (including phenoxy) is 1. The maximum Gasteiger partial charge on any atom is 0.222 e. The molecule has 0 spiro atoms. The zero-order chi connectivity index (χ0) is 19.4. The van der Waals surface area contributed by atoms with Gasteiger partial charge in [-0.15, -0.1) is 24.0 Å². The van der Waals surface area contributed by atoms with Gasteiger partial charge < -0.3 is 20.7 Å². The predicted molar refractivity (Wildman–Crippen MR) is 123 cm³/mol. The Morgan fingerprint density at radius 1 is 1.15 bits per heavy atom. The molecule has 0 fully saturated rings. The third kappa shape index (κ3) is 11.2. The van der Waals surface area contributed by atoms with Crippen LogP contribution in [0, 0.1) is 5.41 Å². The number of benzene rings is 1. The maximum absolute atomic E-state index is 12.0. The molecule has 0 aliphatic heterocycles. The monoisotopic (exact) mass is 490 g/mol. The highest BCUT2D eigenvalue weighted by molar-refractivity contribution is 14.0. The molecule has 0 saturated carbocycles. The second-order valence-electron chi connectivity index (χ2n) is 7.25. The van der Waals surface area contributed by atoms with E-state index in [4.69, 9.17) is 4.74 Å². The van der Waals surface area contributed by atoms with E-state index in [0.717, 1.165) is 12.1 Å².